The second kappa shape index (κ2) is 13.2. The van der Waals surface area contributed by atoms with Gasteiger partial charge in [-0.2, -0.15) is 0 Å². The topological polar surface area (TPSA) is 9.86 Å². The lowest BCUT2D eigenvalue weighted by Crippen LogP contribution is -1.98. The molecule has 2 heterocycles. The quantitative estimate of drug-likeness (QED) is 0.162. The second-order valence-electron chi connectivity index (χ2n) is 14.5. The van der Waals surface area contributed by atoms with Crippen LogP contribution in [0.3, 0.4) is 0 Å². The molecule has 0 saturated carbocycles. The molecule has 11 rings (SSSR count). The summed E-state index contributed by atoms with van der Waals surface area (Å²) in [5.74, 6) is 0. The van der Waals surface area contributed by atoms with E-state index in [1.807, 2.05) is 0 Å². The van der Waals surface area contributed by atoms with E-state index in [9.17, 15) is 0 Å². The first kappa shape index (κ1) is 32.0. The number of rotatable bonds is 6. The summed E-state index contributed by atoms with van der Waals surface area (Å²) < 4.78 is 4.89. The molecule has 0 aliphatic heterocycles. The van der Waals surface area contributed by atoms with E-state index in [-0.39, 0.29) is 0 Å². The van der Waals surface area contributed by atoms with Gasteiger partial charge in [0.15, 0.2) is 0 Å². The van der Waals surface area contributed by atoms with Crippen molar-refractivity contribution in [2.45, 2.75) is 0 Å². The monoisotopic (exact) mass is 712 g/mol. The minimum Gasteiger partial charge on any atom is -0.309 e. The van der Waals surface area contributed by atoms with Crippen LogP contribution in [0.2, 0.25) is 0 Å². The van der Waals surface area contributed by atoms with Crippen LogP contribution in [-0.4, -0.2) is 9.13 Å². The van der Waals surface area contributed by atoms with E-state index in [1.165, 1.54) is 88.1 Å². The fraction of sp³-hybridized carbons (Fsp3) is 0. The van der Waals surface area contributed by atoms with E-state index in [0.29, 0.717) is 0 Å². The Kier molecular flexibility index (Phi) is 7.53. The zero-order chi connectivity index (χ0) is 37.0. The van der Waals surface area contributed by atoms with E-state index in [1.54, 1.807) is 0 Å². The first-order chi connectivity index (χ1) is 27.8. The maximum Gasteiger partial charge on any atom is 0.0547 e. The number of hydrogen-bond acceptors (Lipinski definition) is 0. The van der Waals surface area contributed by atoms with Crippen LogP contribution in [0, 0.1) is 0 Å². The van der Waals surface area contributed by atoms with Crippen molar-refractivity contribution >= 4 is 43.6 Å². The van der Waals surface area contributed by atoms with Gasteiger partial charge in [-0.05, 0) is 93.5 Å². The van der Waals surface area contributed by atoms with Gasteiger partial charge in [0.1, 0.15) is 0 Å². The molecule has 0 radical (unpaired) electrons. The lowest BCUT2D eigenvalue weighted by Gasteiger charge is -2.16. The third kappa shape index (κ3) is 5.26. The van der Waals surface area contributed by atoms with E-state index in [4.69, 9.17) is 0 Å². The van der Waals surface area contributed by atoms with E-state index in [2.05, 4.69) is 228 Å². The third-order valence-electron chi connectivity index (χ3n) is 11.3. The van der Waals surface area contributed by atoms with Gasteiger partial charge in [0.05, 0.1) is 27.8 Å². The molecular formula is C54H36N2. The molecule has 0 saturated heterocycles. The van der Waals surface area contributed by atoms with Gasteiger partial charge in [0.2, 0.25) is 0 Å². The van der Waals surface area contributed by atoms with Gasteiger partial charge in [-0.25, -0.2) is 0 Å². The molecule has 0 atom stereocenters. The van der Waals surface area contributed by atoms with Gasteiger partial charge >= 0.3 is 0 Å². The molecular weight excluding hydrogens is 677 g/mol. The summed E-state index contributed by atoms with van der Waals surface area (Å²) in [7, 11) is 0. The molecule has 9 aromatic carbocycles. The molecule has 0 amide bonds. The Morgan fingerprint density at radius 2 is 0.714 bits per heavy atom. The summed E-state index contributed by atoms with van der Waals surface area (Å²) >= 11 is 0. The van der Waals surface area contributed by atoms with Crippen LogP contribution < -0.4 is 0 Å². The summed E-state index contributed by atoms with van der Waals surface area (Å²) in [4.78, 5) is 0. The molecule has 0 bridgehead atoms. The third-order valence-corrected chi connectivity index (χ3v) is 11.3. The fourth-order valence-corrected chi connectivity index (χ4v) is 8.69. The van der Waals surface area contributed by atoms with Crippen LogP contribution in [0.1, 0.15) is 0 Å². The molecule has 0 fully saturated rings. The maximum absolute atomic E-state index is 2.45. The standard InChI is InChI=1S/C54H36N2/c1-4-15-37(16-5-1)40-28-31-52-48(34-40)49-35-41(38-17-6-2-7-18-38)29-32-53(49)55(52)44-22-14-21-43(33-44)45-23-10-12-25-50(45)56-51-26-13-11-24-46(51)47-30-27-42(36-54(47)56)39-19-8-3-9-20-39/h1-36H. The van der Waals surface area contributed by atoms with E-state index >= 15 is 0 Å². The molecule has 56 heavy (non-hydrogen) atoms. The van der Waals surface area contributed by atoms with Gasteiger partial charge in [-0.3, -0.25) is 0 Å². The SMILES string of the molecule is c1ccc(-c2ccc3c(c2)c2cc(-c4ccccc4)ccc2n3-c2cccc(-c3ccccc3-n3c4ccccc4c4ccc(-c5ccccc5)cc43)c2)cc1. The van der Waals surface area contributed by atoms with Crippen LogP contribution in [-0.2, 0) is 0 Å². The van der Waals surface area contributed by atoms with Crippen LogP contribution in [0.15, 0.2) is 218 Å². The van der Waals surface area contributed by atoms with Crippen molar-refractivity contribution in [2.24, 2.45) is 0 Å². The largest absolute Gasteiger partial charge is 0.309 e. The summed E-state index contributed by atoms with van der Waals surface area (Å²) in [6, 6.07) is 79.4. The van der Waals surface area contributed by atoms with Gasteiger partial charge < -0.3 is 9.13 Å². The summed E-state index contributed by atoms with van der Waals surface area (Å²) in [6.45, 7) is 0. The highest BCUT2D eigenvalue weighted by Gasteiger charge is 2.19. The van der Waals surface area contributed by atoms with Crippen molar-refractivity contribution in [2.75, 3.05) is 0 Å². The highest BCUT2D eigenvalue weighted by molar-refractivity contribution is 6.12. The van der Waals surface area contributed by atoms with Crippen LogP contribution >= 0.6 is 0 Å². The Balaban J connectivity index is 1.11. The Morgan fingerprint density at radius 3 is 1.36 bits per heavy atom. The second-order valence-corrected chi connectivity index (χ2v) is 14.5. The average Bonchev–Trinajstić information content (AvgIpc) is 3.79. The predicted octanol–water partition coefficient (Wildman–Crippen LogP) is 14.5. The van der Waals surface area contributed by atoms with Crippen molar-refractivity contribution < 1.29 is 0 Å². The average molecular weight is 713 g/mol. The summed E-state index contributed by atoms with van der Waals surface area (Å²) in [6.07, 6.45) is 0. The van der Waals surface area contributed by atoms with Crippen LogP contribution in [0.4, 0.5) is 0 Å². The molecule has 2 nitrogen and oxygen atoms in total. The highest BCUT2D eigenvalue weighted by atomic mass is 15.0. The van der Waals surface area contributed by atoms with Crippen molar-refractivity contribution in [1.82, 2.24) is 9.13 Å². The Morgan fingerprint density at radius 1 is 0.232 bits per heavy atom. The number of para-hydroxylation sites is 2. The van der Waals surface area contributed by atoms with E-state index < -0.39 is 0 Å². The van der Waals surface area contributed by atoms with Gasteiger partial charge in [-0.1, -0.05) is 164 Å². The minimum absolute atomic E-state index is 1.13. The van der Waals surface area contributed by atoms with Crippen LogP contribution in [0.5, 0.6) is 0 Å². The highest BCUT2D eigenvalue weighted by Crippen LogP contribution is 2.41. The fourth-order valence-electron chi connectivity index (χ4n) is 8.69. The summed E-state index contributed by atoms with van der Waals surface area (Å²) in [5, 5.41) is 4.98. The molecule has 0 aliphatic rings. The molecule has 11 aromatic rings. The maximum atomic E-state index is 2.45. The molecule has 262 valence electrons. The zero-order valence-electron chi connectivity index (χ0n) is 30.7. The Labute approximate surface area is 325 Å². The van der Waals surface area contributed by atoms with E-state index in [0.717, 1.165) is 11.4 Å². The van der Waals surface area contributed by atoms with Gasteiger partial charge in [0, 0.05) is 32.8 Å². The molecule has 0 spiro atoms. The number of fused-ring (bicyclic) bond motifs is 6. The first-order valence-corrected chi connectivity index (χ1v) is 19.3. The molecule has 0 unspecified atom stereocenters. The number of hydrogen-bond donors (Lipinski definition) is 0. The van der Waals surface area contributed by atoms with Gasteiger partial charge in [-0.15, -0.1) is 0 Å². The lowest BCUT2D eigenvalue weighted by molar-refractivity contribution is 1.17. The van der Waals surface area contributed by atoms with Crippen molar-refractivity contribution in [1.29, 1.82) is 0 Å². The number of nitrogens with zero attached hydrogens (tertiary/aromatic N) is 2. The Bertz CT molecular complexity index is 3130. The normalized spacial score (nSPS) is 11.6. The number of aromatic nitrogens is 2. The molecule has 0 N–H and O–H groups in total. The van der Waals surface area contributed by atoms with Crippen molar-refractivity contribution in [3.63, 3.8) is 0 Å². The van der Waals surface area contributed by atoms with Crippen molar-refractivity contribution in [3.8, 4) is 55.9 Å². The molecule has 2 heteroatoms. The van der Waals surface area contributed by atoms with Crippen LogP contribution in [0.25, 0.3) is 99.5 Å². The zero-order valence-corrected chi connectivity index (χ0v) is 30.7. The number of benzene rings is 9. The predicted molar refractivity (Wildman–Crippen MR) is 237 cm³/mol. The summed E-state index contributed by atoms with van der Waals surface area (Å²) in [5.41, 5.74) is 16.7. The smallest absolute Gasteiger partial charge is 0.0547 e. The molecule has 2 aromatic heterocycles. The molecule has 0 aliphatic carbocycles. The lowest BCUT2D eigenvalue weighted by atomic mass is 10.0. The van der Waals surface area contributed by atoms with Gasteiger partial charge in [0.25, 0.3) is 0 Å². The van der Waals surface area contributed by atoms with Crippen molar-refractivity contribution in [3.05, 3.63) is 218 Å². The first-order valence-electron chi connectivity index (χ1n) is 19.3. The minimum atomic E-state index is 1.13. The Hall–Kier alpha value is -7.42.